The fourth-order valence-corrected chi connectivity index (χ4v) is 7.05. The van der Waals surface area contributed by atoms with E-state index in [-0.39, 0.29) is 0 Å². The van der Waals surface area contributed by atoms with Crippen molar-refractivity contribution in [2.75, 3.05) is 20.0 Å². The van der Waals surface area contributed by atoms with Crippen LogP contribution in [0.4, 0.5) is 0 Å². The van der Waals surface area contributed by atoms with Gasteiger partial charge in [0.1, 0.15) is 6.79 Å². The lowest BCUT2D eigenvalue weighted by molar-refractivity contribution is -0.0963. The second-order valence-corrected chi connectivity index (χ2v) is 10.9. The SMILES string of the molecule is C1CC2OC2CC1CC1(CC2CCC3OC3C2)CCC2OC2C1.C1COCOC1. The molecule has 8 atom stereocenters. The van der Waals surface area contributed by atoms with Crippen LogP contribution in [0, 0.1) is 17.3 Å². The first kappa shape index (κ1) is 19.5. The second-order valence-electron chi connectivity index (χ2n) is 10.9. The van der Waals surface area contributed by atoms with Gasteiger partial charge in [0.25, 0.3) is 0 Å². The Balaban J connectivity index is 0.000000239. The van der Waals surface area contributed by atoms with Crippen molar-refractivity contribution in [3.05, 3.63) is 0 Å². The third-order valence-corrected chi connectivity index (χ3v) is 8.69. The van der Waals surface area contributed by atoms with E-state index >= 15 is 0 Å². The minimum atomic E-state index is 0.500. The van der Waals surface area contributed by atoms with Gasteiger partial charge < -0.3 is 23.7 Å². The monoisotopic (exact) mass is 406 g/mol. The molecule has 0 aromatic carbocycles. The van der Waals surface area contributed by atoms with Crippen LogP contribution in [0.1, 0.15) is 77.0 Å². The summed E-state index contributed by atoms with van der Waals surface area (Å²) in [5.74, 6) is 1.84. The van der Waals surface area contributed by atoms with Gasteiger partial charge in [-0.05, 0) is 94.3 Å². The first-order chi connectivity index (χ1) is 14.3. The third-order valence-electron chi connectivity index (χ3n) is 8.69. The molecular weight excluding hydrogens is 368 g/mol. The lowest BCUT2D eigenvalue weighted by Gasteiger charge is -2.42. The van der Waals surface area contributed by atoms with Crippen LogP contribution >= 0.6 is 0 Å². The van der Waals surface area contributed by atoms with Crippen molar-refractivity contribution in [3.8, 4) is 0 Å². The molecule has 0 aromatic rings. The zero-order valence-corrected chi connectivity index (χ0v) is 17.8. The molecule has 0 bridgehead atoms. The van der Waals surface area contributed by atoms with Gasteiger partial charge in [0.15, 0.2) is 0 Å². The van der Waals surface area contributed by atoms with Crippen LogP contribution in [0.2, 0.25) is 0 Å². The van der Waals surface area contributed by atoms with Crippen molar-refractivity contribution >= 4 is 0 Å². The quantitative estimate of drug-likeness (QED) is 0.654. The number of fused-ring (bicyclic) bond motifs is 3. The van der Waals surface area contributed by atoms with Crippen molar-refractivity contribution < 1.29 is 23.7 Å². The summed E-state index contributed by atoms with van der Waals surface area (Å²) in [6.45, 7) is 2.25. The minimum Gasteiger partial charge on any atom is -0.370 e. The van der Waals surface area contributed by atoms with Crippen molar-refractivity contribution in [1.82, 2.24) is 0 Å². The van der Waals surface area contributed by atoms with Gasteiger partial charge in [-0.1, -0.05) is 0 Å². The maximum atomic E-state index is 5.92. The molecule has 7 aliphatic rings. The van der Waals surface area contributed by atoms with E-state index in [1.165, 1.54) is 70.6 Å². The molecule has 7 fully saturated rings. The van der Waals surface area contributed by atoms with E-state index in [9.17, 15) is 0 Å². The zero-order valence-electron chi connectivity index (χ0n) is 17.8. The summed E-state index contributed by atoms with van der Waals surface area (Å²) >= 11 is 0. The predicted molar refractivity (Wildman–Crippen MR) is 108 cm³/mol. The highest BCUT2D eigenvalue weighted by Gasteiger charge is 2.54. The first-order valence-electron chi connectivity index (χ1n) is 12.4. The zero-order chi connectivity index (χ0) is 19.3. The largest absolute Gasteiger partial charge is 0.370 e. The van der Waals surface area contributed by atoms with E-state index in [0.717, 1.165) is 31.5 Å². The molecule has 5 nitrogen and oxygen atoms in total. The summed E-state index contributed by atoms with van der Waals surface area (Å²) in [6, 6.07) is 0. The topological polar surface area (TPSA) is 56.0 Å². The third kappa shape index (κ3) is 4.69. The smallest absolute Gasteiger partial charge is 0.146 e. The van der Waals surface area contributed by atoms with Gasteiger partial charge in [-0.25, -0.2) is 0 Å². The molecule has 0 N–H and O–H groups in total. The van der Waals surface area contributed by atoms with Crippen LogP contribution in [-0.4, -0.2) is 56.6 Å². The highest BCUT2D eigenvalue weighted by Crippen LogP contribution is 2.56. The molecule has 0 amide bonds. The maximum absolute atomic E-state index is 5.92. The molecule has 164 valence electrons. The Morgan fingerprint density at radius 3 is 1.69 bits per heavy atom. The average molecular weight is 407 g/mol. The Kier molecular flexibility index (Phi) is 5.41. The molecule has 4 saturated heterocycles. The van der Waals surface area contributed by atoms with Crippen molar-refractivity contribution in [1.29, 1.82) is 0 Å². The molecule has 7 rings (SSSR count). The van der Waals surface area contributed by atoms with Crippen LogP contribution in [0.3, 0.4) is 0 Å². The van der Waals surface area contributed by atoms with Crippen molar-refractivity contribution in [2.24, 2.45) is 17.3 Å². The van der Waals surface area contributed by atoms with E-state index in [1.807, 2.05) is 0 Å². The van der Waals surface area contributed by atoms with E-state index in [4.69, 9.17) is 23.7 Å². The first-order valence-corrected chi connectivity index (χ1v) is 12.4. The summed E-state index contributed by atoms with van der Waals surface area (Å²) in [5.41, 5.74) is 0.580. The minimum absolute atomic E-state index is 0.500. The van der Waals surface area contributed by atoms with Gasteiger partial charge in [0.05, 0.1) is 49.8 Å². The summed E-state index contributed by atoms with van der Waals surface area (Å²) in [4.78, 5) is 0. The molecule has 0 radical (unpaired) electrons. The van der Waals surface area contributed by atoms with Gasteiger partial charge >= 0.3 is 0 Å². The normalized spacial score (nSPS) is 52.1. The van der Waals surface area contributed by atoms with E-state index in [1.54, 1.807) is 0 Å². The summed E-state index contributed by atoms with van der Waals surface area (Å²) < 4.78 is 27.2. The van der Waals surface area contributed by atoms with Crippen LogP contribution in [-0.2, 0) is 23.7 Å². The summed E-state index contributed by atoms with van der Waals surface area (Å²) in [6.07, 6.45) is 20.1. The van der Waals surface area contributed by atoms with Gasteiger partial charge in [-0.15, -0.1) is 0 Å². The van der Waals surface area contributed by atoms with E-state index in [2.05, 4.69) is 0 Å². The molecule has 5 heteroatoms. The standard InChI is InChI=1S/C20H30O3.C4H8O2/c1-3-14-17(21-14)7-12(1)9-20(6-5-16-19(11-20)23-16)10-13-2-4-15-18(8-13)22-15;1-2-5-4-6-3-1/h12-19H,1-11H2;1-4H2. The molecule has 4 heterocycles. The maximum Gasteiger partial charge on any atom is 0.146 e. The van der Waals surface area contributed by atoms with Gasteiger partial charge in [-0.3, -0.25) is 0 Å². The van der Waals surface area contributed by atoms with Gasteiger partial charge in [-0.2, -0.15) is 0 Å². The molecule has 4 aliphatic heterocycles. The molecule has 3 saturated carbocycles. The van der Waals surface area contributed by atoms with Crippen LogP contribution in [0.15, 0.2) is 0 Å². The van der Waals surface area contributed by atoms with E-state index in [0.29, 0.717) is 48.8 Å². The van der Waals surface area contributed by atoms with Crippen molar-refractivity contribution in [3.63, 3.8) is 0 Å². The molecule has 29 heavy (non-hydrogen) atoms. The predicted octanol–water partition coefficient (Wildman–Crippen LogP) is 4.22. The molecule has 0 aromatic heterocycles. The van der Waals surface area contributed by atoms with Gasteiger partial charge in [0, 0.05) is 0 Å². The molecular formula is C24H38O5. The van der Waals surface area contributed by atoms with E-state index < -0.39 is 0 Å². The van der Waals surface area contributed by atoms with Crippen LogP contribution in [0.25, 0.3) is 0 Å². The summed E-state index contributed by atoms with van der Waals surface area (Å²) in [5, 5.41) is 0. The summed E-state index contributed by atoms with van der Waals surface area (Å²) in [7, 11) is 0. The van der Waals surface area contributed by atoms with Crippen LogP contribution in [0.5, 0.6) is 0 Å². The fourth-order valence-electron chi connectivity index (χ4n) is 7.05. The Bertz CT molecular complexity index is 536. The van der Waals surface area contributed by atoms with Crippen molar-refractivity contribution in [2.45, 2.75) is 114 Å². The number of epoxide rings is 3. The van der Waals surface area contributed by atoms with Gasteiger partial charge in [0.2, 0.25) is 0 Å². The number of hydrogen-bond donors (Lipinski definition) is 0. The highest BCUT2D eigenvalue weighted by molar-refractivity contribution is 5.03. The number of ether oxygens (including phenoxy) is 5. The van der Waals surface area contributed by atoms with Crippen LogP contribution < -0.4 is 0 Å². The molecule has 8 unspecified atom stereocenters. The number of rotatable bonds is 4. The lowest BCUT2D eigenvalue weighted by Crippen LogP contribution is -2.34. The average Bonchev–Trinajstić information content (AvgIpc) is 3.63. The Morgan fingerprint density at radius 2 is 1.21 bits per heavy atom. The Labute approximate surface area is 175 Å². The molecule has 0 spiro atoms. The Morgan fingerprint density at radius 1 is 0.621 bits per heavy atom. The molecule has 3 aliphatic carbocycles. The highest BCUT2D eigenvalue weighted by atomic mass is 16.7. The lowest BCUT2D eigenvalue weighted by atomic mass is 9.62. The number of hydrogen-bond acceptors (Lipinski definition) is 5. The fraction of sp³-hybridized carbons (Fsp3) is 1.00. The Hall–Kier alpha value is -0.200. The second kappa shape index (κ2) is 8.05.